The molecule has 2 fully saturated rings. The average molecular weight is 206 g/mol. The van der Waals surface area contributed by atoms with Gasteiger partial charge in [-0.2, -0.15) is 0 Å². The monoisotopic (exact) mass is 206 g/mol. The van der Waals surface area contributed by atoms with E-state index in [4.69, 9.17) is 0 Å². The third-order valence-corrected chi connectivity index (χ3v) is 4.40. The van der Waals surface area contributed by atoms with Gasteiger partial charge in [-0.05, 0) is 44.6 Å². The maximum atomic E-state index is 3.71. The van der Waals surface area contributed by atoms with Crippen LogP contribution in [0.2, 0.25) is 0 Å². The Bertz CT molecular complexity index is 257. The molecule has 0 radical (unpaired) electrons. The molecule has 3 aliphatic rings. The Balaban J connectivity index is 1.34. The molecule has 3 atom stereocenters. The van der Waals surface area contributed by atoms with E-state index < -0.39 is 0 Å². The van der Waals surface area contributed by atoms with Gasteiger partial charge in [0.2, 0.25) is 0 Å². The molecule has 3 unspecified atom stereocenters. The molecule has 2 nitrogen and oxygen atoms in total. The number of fused-ring (bicyclic) bond motifs is 1. The van der Waals surface area contributed by atoms with E-state index in [0.29, 0.717) is 0 Å². The predicted octanol–water partition coefficient (Wildman–Crippen LogP) is 1.63. The quantitative estimate of drug-likeness (QED) is 0.688. The van der Waals surface area contributed by atoms with E-state index in [0.717, 1.165) is 23.9 Å². The lowest BCUT2D eigenvalue weighted by atomic mass is 9.71. The van der Waals surface area contributed by atoms with Crippen LogP contribution in [0.3, 0.4) is 0 Å². The fraction of sp³-hybridized carbons (Fsp3) is 0.846. The van der Waals surface area contributed by atoms with E-state index in [-0.39, 0.29) is 0 Å². The molecule has 2 saturated carbocycles. The van der Waals surface area contributed by atoms with Crippen LogP contribution in [0.1, 0.15) is 25.7 Å². The fourth-order valence-electron chi connectivity index (χ4n) is 3.07. The zero-order valence-corrected chi connectivity index (χ0v) is 9.65. The molecular weight excluding hydrogens is 184 g/mol. The summed E-state index contributed by atoms with van der Waals surface area (Å²) in [5, 5.41) is 3.71. The van der Waals surface area contributed by atoms with Crippen LogP contribution in [0.25, 0.3) is 0 Å². The lowest BCUT2D eigenvalue weighted by Crippen LogP contribution is -2.49. The summed E-state index contributed by atoms with van der Waals surface area (Å²) in [6.07, 6.45) is 10.4. The van der Waals surface area contributed by atoms with Crippen LogP contribution in [0, 0.1) is 11.8 Å². The summed E-state index contributed by atoms with van der Waals surface area (Å²) in [4.78, 5) is 2.51. The van der Waals surface area contributed by atoms with E-state index in [9.17, 15) is 0 Å². The number of hydrogen-bond donors (Lipinski definition) is 1. The van der Waals surface area contributed by atoms with E-state index in [1.165, 1.54) is 38.8 Å². The molecule has 3 rings (SSSR count). The number of allylic oxidation sites excluding steroid dienone is 1. The van der Waals surface area contributed by atoms with Crippen LogP contribution < -0.4 is 5.32 Å². The summed E-state index contributed by atoms with van der Waals surface area (Å²) in [5.41, 5.74) is 0. The largest absolute Gasteiger partial charge is 0.312 e. The van der Waals surface area contributed by atoms with Crippen molar-refractivity contribution < 1.29 is 0 Å². The summed E-state index contributed by atoms with van der Waals surface area (Å²) >= 11 is 0. The Morgan fingerprint density at radius 3 is 3.00 bits per heavy atom. The molecule has 15 heavy (non-hydrogen) atoms. The predicted molar refractivity (Wildman–Crippen MR) is 62.8 cm³/mol. The molecule has 0 heterocycles. The minimum Gasteiger partial charge on any atom is -0.312 e. The Labute approximate surface area is 92.7 Å². The maximum absolute atomic E-state index is 3.71. The van der Waals surface area contributed by atoms with E-state index in [1.807, 2.05) is 0 Å². The Morgan fingerprint density at radius 1 is 1.40 bits per heavy atom. The van der Waals surface area contributed by atoms with Crippen LogP contribution in [0.15, 0.2) is 12.2 Å². The highest BCUT2D eigenvalue weighted by Gasteiger charge is 2.40. The van der Waals surface area contributed by atoms with Gasteiger partial charge in [-0.25, -0.2) is 0 Å². The fourth-order valence-corrected chi connectivity index (χ4v) is 3.07. The number of nitrogens with one attached hydrogen (secondary N) is 1. The van der Waals surface area contributed by atoms with Crippen molar-refractivity contribution in [3.05, 3.63) is 12.2 Å². The molecule has 0 aromatic heterocycles. The summed E-state index contributed by atoms with van der Waals surface area (Å²) < 4.78 is 0. The van der Waals surface area contributed by atoms with Gasteiger partial charge >= 0.3 is 0 Å². The van der Waals surface area contributed by atoms with Crippen molar-refractivity contribution in [3.63, 3.8) is 0 Å². The molecule has 3 aliphatic carbocycles. The molecule has 2 heteroatoms. The molecule has 0 spiro atoms. The van der Waals surface area contributed by atoms with E-state index in [1.54, 1.807) is 0 Å². The van der Waals surface area contributed by atoms with Crippen LogP contribution in [-0.4, -0.2) is 37.1 Å². The lowest BCUT2D eigenvalue weighted by molar-refractivity contribution is 0.158. The van der Waals surface area contributed by atoms with Gasteiger partial charge in [-0.3, -0.25) is 0 Å². The SMILES string of the molecule is CN(CCNC1CC2CC=CC21)C1CC1. The van der Waals surface area contributed by atoms with Gasteiger partial charge in [0.05, 0.1) is 0 Å². The molecule has 0 aliphatic heterocycles. The topological polar surface area (TPSA) is 15.3 Å². The highest BCUT2D eigenvalue weighted by Crippen LogP contribution is 2.42. The van der Waals surface area contributed by atoms with Gasteiger partial charge in [0.1, 0.15) is 0 Å². The molecule has 84 valence electrons. The van der Waals surface area contributed by atoms with Crippen molar-refractivity contribution in [2.24, 2.45) is 11.8 Å². The Morgan fingerprint density at radius 2 is 2.27 bits per heavy atom. The van der Waals surface area contributed by atoms with E-state index >= 15 is 0 Å². The average Bonchev–Trinajstić information content (AvgIpc) is 2.98. The van der Waals surface area contributed by atoms with Crippen molar-refractivity contribution in [2.75, 3.05) is 20.1 Å². The summed E-state index contributed by atoms with van der Waals surface area (Å²) in [6, 6.07) is 1.70. The van der Waals surface area contributed by atoms with Gasteiger partial charge in [-0.15, -0.1) is 0 Å². The molecule has 0 saturated heterocycles. The van der Waals surface area contributed by atoms with Crippen LogP contribution in [-0.2, 0) is 0 Å². The molecule has 0 aromatic rings. The number of hydrogen-bond acceptors (Lipinski definition) is 2. The number of likely N-dealkylation sites (N-methyl/N-ethyl adjacent to an activating group) is 1. The minimum atomic E-state index is 0.793. The maximum Gasteiger partial charge on any atom is 0.0136 e. The molecule has 0 bridgehead atoms. The first-order valence-corrected chi connectivity index (χ1v) is 6.45. The summed E-state index contributed by atoms with van der Waals surface area (Å²) in [5.74, 6) is 1.86. The second kappa shape index (κ2) is 3.91. The van der Waals surface area contributed by atoms with E-state index in [2.05, 4.69) is 29.4 Å². The van der Waals surface area contributed by atoms with Crippen molar-refractivity contribution in [3.8, 4) is 0 Å². The van der Waals surface area contributed by atoms with Crippen molar-refractivity contribution in [2.45, 2.75) is 37.8 Å². The Kier molecular flexibility index (Phi) is 2.57. The third-order valence-electron chi connectivity index (χ3n) is 4.40. The standard InChI is InChI=1S/C13H22N2/c1-15(11-5-6-11)8-7-14-13-9-10-3-2-4-12(10)13/h2,4,10-14H,3,5-9H2,1H3. The van der Waals surface area contributed by atoms with Gasteiger partial charge in [0.25, 0.3) is 0 Å². The van der Waals surface area contributed by atoms with Crippen LogP contribution in [0.5, 0.6) is 0 Å². The Hall–Kier alpha value is -0.340. The highest BCUT2D eigenvalue weighted by atomic mass is 15.2. The zero-order chi connectivity index (χ0) is 10.3. The van der Waals surface area contributed by atoms with Crippen LogP contribution in [0.4, 0.5) is 0 Å². The number of nitrogens with zero attached hydrogens (tertiary/aromatic N) is 1. The molecular formula is C13H22N2. The van der Waals surface area contributed by atoms with Gasteiger partial charge in [0.15, 0.2) is 0 Å². The van der Waals surface area contributed by atoms with Crippen molar-refractivity contribution >= 4 is 0 Å². The first-order chi connectivity index (χ1) is 7.34. The third kappa shape index (κ3) is 1.98. The first kappa shape index (κ1) is 9.86. The summed E-state index contributed by atoms with van der Waals surface area (Å²) in [7, 11) is 2.26. The minimum absolute atomic E-state index is 0.793. The number of rotatable bonds is 5. The first-order valence-electron chi connectivity index (χ1n) is 6.45. The lowest BCUT2D eigenvalue weighted by Gasteiger charge is -2.41. The zero-order valence-electron chi connectivity index (χ0n) is 9.65. The highest BCUT2D eigenvalue weighted by molar-refractivity contribution is 5.12. The van der Waals surface area contributed by atoms with Gasteiger partial charge in [-0.1, -0.05) is 12.2 Å². The summed E-state index contributed by atoms with van der Waals surface area (Å²) in [6.45, 7) is 2.40. The normalized spacial score (nSPS) is 38.1. The molecule has 0 aromatic carbocycles. The van der Waals surface area contributed by atoms with Crippen molar-refractivity contribution in [1.82, 2.24) is 10.2 Å². The smallest absolute Gasteiger partial charge is 0.0136 e. The van der Waals surface area contributed by atoms with Crippen molar-refractivity contribution in [1.29, 1.82) is 0 Å². The van der Waals surface area contributed by atoms with Gasteiger partial charge < -0.3 is 10.2 Å². The van der Waals surface area contributed by atoms with Gasteiger partial charge in [0, 0.05) is 25.2 Å². The molecule has 0 amide bonds. The molecule has 1 N–H and O–H groups in total. The second-order valence-electron chi connectivity index (χ2n) is 5.51. The second-order valence-corrected chi connectivity index (χ2v) is 5.51. The van der Waals surface area contributed by atoms with Crippen LogP contribution >= 0.6 is 0 Å².